The number of rotatable bonds is 6. The second-order valence-electron chi connectivity index (χ2n) is 6.22. The molecule has 0 spiro atoms. The number of halogens is 1. The van der Waals surface area contributed by atoms with E-state index in [1.807, 2.05) is 6.07 Å². The van der Waals surface area contributed by atoms with E-state index < -0.39 is 8.32 Å². The van der Waals surface area contributed by atoms with Crippen LogP contribution in [-0.4, -0.2) is 15.4 Å². The summed E-state index contributed by atoms with van der Waals surface area (Å²) >= 11 is 2.29. The number of hydrogen-bond donors (Lipinski definition) is 0. The average Bonchev–Trinajstić information content (AvgIpc) is 2.36. The third kappa shape index (κ3) is 3.50. The minimum Gasteiger partial charge on any atom is -0.543 e. The molecule has 114 valence electrons. The van der Waals surface area contributed by atoms with Crippen LogP contribution in [-0.2, 0) is 0 Å². The van der Waals surface area contributed by atoms with Crippen molar-refractivity contribution in [3.05, 3.63) is 21.8 Å². The average molecular weight is 406 g/mol. The molecule has 0 radical (unpaired) electrons. The van der Waals surface area contributed by atoms with Crippen LogP contribution in [0.15, 0.2) is 18.2 Å². The molecule has 0 aliphatic carbocycles. The highest BCUT2D eigenvalue weighted by molar-refractivity contribution is 14.1. The Morgan fingerprint density at radius 2 is 1.45 bits per heavy atom. The standard InChI is InChI=1S/C16H27IO2Si/c1-11(2)20(12(3)4,13(5)6)19-14-8-9-15(17)16(10-14)18-7/h8-13H,1-7H3. The van der Waals surface area contributed by atoms with Crippen molar-refractivity contribution in [2.45, 2.75) is 58.2 Å². The fraction of sp³-hybridized carbons (Fsp3) is 0.625. The quantitative estimate of drug-likeness (QED) is 0.436. The van der Waals surface area contributed by atoms with E-state index in [4.69, 9.17) is 9.16 Å². The highest BCUT2D eigenvalue weighted by Gasteiger charge is 2.47. The smallest absolute Gasteiger partial charge is 0.258 e. The van der Waals surface area contributed by atoms with Crippen LogP contribution in [0, 0.1) is 3.57 Å². The van der Waals surface area contributed by atoms with Crippen molar-refractivity contribution < 1.29 is 9.16 Å². The Balaban J connectivity index is 3.19. The van der Waals surface area contributed by atoms with E-state index in [1.54, 1.807) is 7.11 Å². The lowest BCUT2D eigenvalue weighted by molar-refractivity contribution is 0.407. The molecule has 2 nitrogen and oxygen atoms in total. The first kappa shape index (κ1) is 17.8. The SMILES string of the molecule is COc1cc(O[Si](C(C)C)(C(C)C)C(C)C)ccc1I. The molecule has 4 heteroatoms. The molecule has 0 saturated carbocycles. The van der Waals surface area contributed by atoms with Crippen molar-refractivity contribution in [1.29, 1.82) is 0 Å². The van der Waals surface area contributed by atoms with Crippen molar-refractivity contribution in [2.24, 2.45) is 0 Å². The van der Waals surface area contributed by atoms with E-state index in [0.717, 1.165) is 15.1 Å². The Hall–Kier alpha value is -0.233. The van der Waals surface area contributed by atoms with Crippen LogP contribution in [0.2, 0.25) is 16.6 Å². The summed E-state index contributed by atoms with van der Waals surface area (Å²) in [5.41, 5.74) is 1.73. The minimum atomic E-state index is -1.88. The van der Waals surface area contributed by atoms with Gasteiger partial charge >= 0.3 is 0 Å². The number of hydrogen-bond acceptors (Lipinski definition) is 2. The van der Waals surface area contributed by atoms with Gasteiger partial charge in [0.25, 0.3) is 8.32 Å². The maximum absolute atomic E-state index is 6.64. The lowest BCUT2D eigenvalue weighted by atomic mass is 10.3. The molecule has 0 bridgehead atoms. The van der Waals surface area contributed by atoms with Gasteiger partial charge in [-0.15, -0.1) is 0 Å². The fourth-order valence-electron chi connectivity index (χ4n) is 3.26. The number of ether oxygens (including phenoxy) is 1. The van der Waals surface area contributed by atoms with Crippen LogP contribution in [0.25, 0.3) is 0 Å². The number of methoxy groups -OCH3 is 1. The van der Waals surface area contributed by atoms with E-state index in [1.165, 1.54) is 0 Å². The summed E-state index contributed by atoms with van der Waals surface area (Å²) < 4.78 is 13.2. The molecule has 0 aliphatic heterocycles. The summed E-state index contributed by atoms with van der Waals surface area (Å²) in [6.45, 7) is 13.8. The third-order valence-electron chi connectivity index (χ3n) is 4.12. The predicted molar refractivity (Wildman–Crippen MR) is 97.4 cm³/mol. The monoisotopic (exact) mass is 406 g/mol. The maximum atomic E-state index is 6.64. The van der Waals surface area contributed by atoms with Crippen molar-refractivity contribution >= 4 is 30.9 Å². The zero-order chi connectivity index (χ0) is 15.5. The van der Waals surface area contributed by atoms with Gasteiger partial charge in [-0.3, -0.25) is 0 Å². The molecule has 0 aliphatic rings. The second kappa shape index (κ2) is 7.16. The van der Waals surface area contributed by atoms with Gasteiger partial charge in [0, 0.05) is 6.07 Å². The molecule has 0 atom stereocenters. The molecule has 0 heterocycles. The molecule has 0 aromatic heterocycles. The summed E-state index contributed by atoms with van der Waals surface area (Å²) in [5, 5.41) is 0. The van der Waals surface area contributed by atoms with Crippen LogP contribution in [0.1, 0.15) is 41.5 Å². The van der Waals surface area contributed by atoms with E-state index in [0.29, 0.717) is 16.6 Å². The second-order valence-corrected chi connectivity index (χ2v) is 12.8. The molecule has 0 amide bonds. The van der Waals surface area contributed by atoms with E-state index in [2.05, 4.69) is 76.3 Å². The highest BCUT2D eigenvalue weighted by Crippen LogP contribution is 2.43. The van der Waals surface area contributed by atoms with E-state index in [-0.39, 0.29) is 0 Å². The molecule has 1 aromatic carbocycles. The van der Waals surface area contributed by atoms with Gasteiger partial charge in [-0.25, -0.2) is 0 Å². The molecule has 20 heavy (non-hydrogen) atoms. The molecular formula is C16H27IO2Si. The van der Waals surface area contributed by atoms with E-state index in [9.17, 15) is 0 Å². The van der Waals surface area contributed by atoms with Crippen molar-refractivity contribution in [3.63, 3.8) is 0 Å². The molecule has 0 unspecified atom stereocenters. The zero-order valence-electron chi connectivity index (χ0n) is 13.7. The fourth-order valence-corrected chi connectivity index (χ4v) is 9.06. The van der Waals surface area contributed by atoms with Crippen LogP contribution in [0.5, 0.6) is 11.5 Å². The predicted octanol–water partition coefficient (Wildman–Crippen LogP) is 5.85. The van der Waals surface area contributed by atoms with Gasteiger partial charge in [-0.2, -0.15) is 0 Å². The van der Waals surface area contributed by atoms with Gasteiger partial charge < -0.3 is 9.16 Å². The maximum Gasteiger partial charge on any atom is 0.258 e. The van der Waals surface area contributed by atoms with Gasteiger partial charge in [0.1, 0.15) is 11.5 Å². The zero-order valence-corrected chi connectivity index (χ0v) is 16.8. The Morgan fingerprint density at radius 3 is 1.85 bits per heavy atom. The molecule has 0 saturated heterocycles. The summed E-state index contributed by atoms with van der Waals surface area (Å²) in [6.07, 6.45) is 0. The molecule has 1 rings (SSSR count). The molecule has 0 N–H and O–H groups in total. The van der Waals surface area contributed by atoms with E-state index >= 15 is 0 Å². The Morgan fingerprint density at radius 1 is 0.950 bits per heavy atom. The summed E-state index contributed by atoms with van der Waals surface area (Å²) in [5.74, 6) is 1.84. The summed E-state index contributed by atoms with van der Waals surface area (Å²) in [6, 6.07) is 6.16. The van der Waals surface area contributed by atoms with Crippen LogP contribution in [0.4, 0.5) is 0 Å². The first-order chi connectivity index (χ1) is 9.25. The van der Waals surface area contributed by atoms with Crippen molar-refractivity contribution in [1.82, 2.24) is 0 Å². The van der Waals surface area contributed by atoms with Gasteiger partial charge in [0.2, 0.25) is 0 Å². The Bertz CT molecular complexity index is 422. The first-order valence-corrected chi connectivity index (χ1v) is 10.5. The lowest BCUT2D eigenvalue weighted by Gasteiger charge is -2.42. The third-order valence-corrected chi connectivity index (χ3v) is 11.0. The van der Waals surface area contributed by atoms with Gasteiger partial charge in [-0.1, -0.05) is 41.5 Å². The minimum absolute atomic E-state index is 0.577. The van der Waals surface area contributed by atoms with Crippen LogP contribution in [0.3, 0.4) is 0 Å². The van der Waals surface area contributed by atoms with Crippen LogP contribution >= 0.6 is 22.6 Å². The Labute approximate surface area is 138 Å². The van der Waals surface area contributed by atoms with Gasteiger partial charge in [0.05, 0.1) is 10.7 Å². The lowest BCUT2D eigenvalue weighted by Crippen LogP contribution is -2.50. The first-order valence-electron chi connectivity index (χ1n) is 7.28. The highest BCUT2D eigenvalue weighted by atomic mass is 127. The van der Waals surface area contributed by atoms with Crippen LogP contribution < -0.4 is 9.16 Å². The van der Waals surface area contributed by atoms with Crippen molar-refractivity contribution in [3.8, 4) is 11.5 Å². The number of benzene rings is 1. The topological polar surface area (TPSA) is 18.5 Å². The Kier molecular flexibility index (Phi) is 6.38. The largest absolute Gasteiger partial charge is 0.543 e. The van der Waals surface area contributed by atoms with Gasteiger partial charge in [0.15, 0.2) is 0 Å². The normalized spacial score (nSPS) is 12.3. The molecular weight excluding hydrogens is 379 g/mol. The molecule has 1 aromatic rings. The van der Waals surface area contributed by atoms with Gasteiger partial charge in [-0.05, 0) is 51.3 Å². The van der Waals surface area contributed by atoms with Crippen molar-refractivity contribution in [2.75, 3.05) is 7.11 Å². The molecule has 0 fully saturated rings. The summed E-state index contributed by atoms with van der Waals surface area (Å²) in [7, 11) is -0.172. The summed E-state index contributed by atoms with van der Waals surface area (Å²) in [4.78, 5) is 0.